The molecule has 0 aliphatic heterocycles. The summed E-state index contributed by atoms with van der Waals surface area (Å²) in [6.07, 6.45) is 0. The van der Waals surface area contributed by atoms with Crippen molar-refractivity contribution in [3.05, 3.63) is 76.2 Å². The molecule has 132 valence electrons. The number of amides is 2. The zero-order chi connectivity index (χ0) is 18.7. The van der Waals surface area contributed by atoms with Crippen LogP contribution in [0.2, 0.25) is 0 Å². The van der Waals surface area contributed by atoms with Crippen molar-refractivity contribution in [2.75, 3.05) is 5.32 Å². The number of nitrogens with one attached hydrogen (secondary N) is 3. The monoisotopic (exact) mass is 349 g/mol. The first-order chi connectivity index (χ1) is 12.4. The first-order valence-electron chi connectivity index (χ1n) is 8.24. The number of aromatic nitrogens is 1. The highest BCUT2D eigenvalue weighted by Crippen LogP contribution is 2.18. The second-order valence-corrected chi connectivity index (χ2v) is 6.10. The van der Waals surface area contributed by atoms with Gasteiger partial charge < -0.3 is 15.6 Å². The average molecular weight is 349 g/mol. The lowest BCUT2D eigenvalue weighted by Gasteiger charge is -2.15. The van der Waals surface area contributed by atoms with Crippen LogP contribution in [0.5, 0.6) is 0 Å². The van der Waals surface area contributed by atoms with Crippen molar-refractivity contribution < 1.29 is 9.59 Å². The minimum atomic E-state index is -0.370. The molecule has 2 amide bonds. The van der Waals surface area contributed by atoms with Crippen LogP contribution in [0.4, 0.5) is 5.69 Å². The summed E-state index contributed by atoms with van der Waals surface area (Å²) in [6.45, 7) is 3.28. The average Bonchev–Trinajstić information content (AvgIpc) is 2.61. The van der Waals surface area contributed by atoms with E-state index in [1.54, 1.807) is 42.5 Å². The summed E-state index contributed by atoms with van der Waals surface area (Å²) < 4.78 is 0. The van der Waals surface area contributed by atoms with E-state index < -0.39 is 0 Å². The van der Waals surface area contributed by atoms with Crippen LogP contribution in [-0.4, -0.2) is 16.8 Å². The van der Waals surface area contributed by atoms with Crippen LogP contribution < -0.4 is 16.2 Å². The molecule has 0 bridgehead atoms. The second-order valence-electron chi connectivity index (χ2n) is 6.10. The Labute approximate surface area is 150 Å². The first-order valence-corrected chi connectivity index (χ1v) is 8.24. The minimum absolute atomic E-state index is 0.160. The van der Waals surface area contributed by atoms with Crippen molar-refractivity contribution in [3.8, 4) is 0 Å². The van der Waals surface area contributed by atoms with Gasteiger partial charge in [0.25, 0.3) is 11.5 Å². The van der Waals surface area contributed by atoms with E-state index in [-0.39, 0.29) is 29.1 Å². The molecular weight excluding hydrogens is 330 g/mol. The molecule has 0 aliphatic rings. The van der Waals surface area contributed by atoms with Crippen LogP contribution in [0.15, 0.2) is 59.4 Å². The van der Waals surface area contributed by atoms with Gasteiger partial charge in [-0.25, -0.2) is 0 Å². The van der Waals surface area contributed by atoms with Crippen LogP contribution in [0.3, 0.4) is 0 Å². The topological polar surface area (TPSA) is 91.1 Å². The van der Waals surface area contributed by atoms with Gasteiger partial charge in [0.15, 0.2) is 0 Å². The van der Waals surface area contributed by atoms with E-state index in [1.165, 1.54) is 6.92 Å². The highest BCUT2D eigenvalue weighted by molar-refractivity contribution is 5.96. The Kier molecular flexibility index (Phi) is 4.84. The summed E-state index contributed by atoms with van der Waals surface area (Å²) in [5, 5.41) is 6.83. The highest BCUT2D eigenvalue weighted by atomic mass is 16.2. The number of pyridine rings is 1. The van der Waals surface area contributed by atoms with Gasteiger partial charge in [-0.05, 0) is 42.1 Å². The molecule has 3 rings (SSSR count). The predicted octanol–water partition coefficient (Wildman–Crippen LogP) is 2.98. The van der Waals surface area contributed by atoms with Crippen LogP contribution in [0.1, 0.15) is 35.9 Å². The fourth-order valence-corrected chi connectivity index (χ4v) is 2.78. The Morgan fingerprint density at radius 1 is 1.04 bits per heavy atom. The molecule has 0 radical (unpaired) electrons. The number of carbonyl (C=O) groups excluding carboxylic acids is 2. The largest absolute Gasteiger partial charge is 0.344 e. The number of hydrogen-bond donors (Lipinski definition) is 3. The van der Waals surface area contributed by atoms with Gasteiger partial charge in [-0.1, -0.05) is 30.3 Å². The van der Waals surface area contributed by atoms with E-state index in [0.717, 1.165) is 5.56 Å². The normalized spacial score (nSPS) is 11.8. The summed E-state index contributed by atoms with van der Waals surface area (Å²) in [5.41, 5.74) is 1.41. The maximum absolute atomic E-state index is 12.5. The smallest absolute Gasteiger partial charge is 0.268 e. The van der Waals surface area contributed by atoms with Gasteiger partial charge in [0.1, 0.15) is 5.69 Å². The molecule has 3 aromatic rings. The van der Waals surface area contributed by atoms with Crippen LogP contribution in [0, 0.1) is 0 Å². The number of hydrogen-bond acceptors (Lipinski definition) is 3. The molecule has 26 heavy (non-hydrogen) atoms. The summed E-state index contributed by atoms with van der Waals surface area (Å²) >= 11 is 0. The van der Waals surface area contributed by atoms with Gasteiger partial charge in [0.2, 0.25) is 5.91 Å². The standard InChI is InChI=1S/C20H19N3O3/c1-12(14-7-5-8-16(10-14)22-13(2)24)21-20(26)18-11-15-6-3-4-9-17(15)19(25)23-18/h3-12H,1-2H3,(H,21,26)(H,22,24)(H,23,25)/t12-/m1/s1. The Bertz CT molecular complexity index is 1040. The summed E-state index contributed by atoms with van der Waals surface area (Å²) in [7, 11) is 0. The molecule has 1 heterocycles. The summed E-state index contributed by atoms with van der Waals surface area (Å²) in [4.78, 5) is 38.5. The fraction of sp³-hybridized carbons (Fsp3) is 0.150. The van der Waals surface area contributed by atoms with Crippen LogP contribution in [0.25, 0.3) is 10.8 Å². The van der Waals surface area contributed by atoms with E-state index in [9.17, 15) is 14.4 Å². The zero-order valence-electron chi connectivity index (χ0n) is 14.5. The van der Waals surface area contributed by atoms with E-state index in [4.69, 9.17) is 0 Å². The van der Waals surface area contributed by atoms with E-state index in [1.807, 2.05) is 19.1 Å². The van der Waals surface area contributed by atoms with E-state index in [2.05, 4.69) is 15.6 Å². The quantitative estimate of drug-likeness (QED) is 0.676. The summed E-state index contributed by atoms with van der Waals surface area (Å²) in [6, 6.07) is 15.7. The van der Waals surface area contributed by atoms with Gasteiger partial charge in [-0.2, -0.15) is 0 Å². The van der Waals surface area contributed by atoms with E-state index in [0.29, 0.717) is 16.5 Å². The number of anilines is 1. The highest BCUT2D eigenvalue weighted by Gasteiger charge is 2.14. The van der Waals surface area contributed by atoms with Crippen LogP contribution in [-0.2, 0) is 4.79 Å². The Morgan fingerprint density at radius 2 is 1.81 bits per heavy atom. The zero-order valence-corrected chi connectivity index (χ0v) is 14.5. The van der Waals surface area contributed by atoms with Gasteiger partial charge >= 0.3 is 0 Å². The van der Waals surface area contributed by atoms with Gasteiger partial charge in [-0.3, -0.25) is 14.4 Å². The molecule has 0 saturated heterocycles. The molecule has 3 N–H and O–H groups in total. The van der Waals surface area contributed by atoms with Crippen molar-refractivity contribution in [3.63, 3.8) is 0 Å². The molecule has 2 aromatic carbocycles. The molecule has 0 unspecified atom stereocenters. The molecular formula is C20H19N3O3. The number of fused-ring (bicyclic) bond motifs is 1. The Balaban J connectivity index is 1.81. The van der Waals surface area contributed by atoms with Crippen molar-refractivity contribution in [1.82, 2.24) is 10.3 Å². The molecule has 6 nitrogen and oxygen atoms in total. The fourth-order valence-electron chi connectivity index (χ4n) is 2.78. The van der Waals surface area contributed by atoms with Gasteiger partial charge in [-0.15, -0.1) is 0 Å². The molecule has 0 fully saturated rings. The van der Waals surface area contributed by atoms with Crippen molar-refractivity contribution in [2.45, 2.75) is 19.9 Å². The third kappa shape index (κ3) is 3.80. The van der Waals surface area contributed by atoms with E-state index >= 15 is 0 Å². The summed E-state index contributed by atoms with van der Waals surface area (Å²) in [5.74, 6) is -0.530. The molecule has 1 atom stereocenters. The molecule has 1 aromatic heterocycles. The molecule has 0 saturated carbocycles. The number of carbonyl (C=O) groups is 2. The van der Waals surface area contributed by atoms with Crippen molar-refractivity contribution in [2.24, 2.45) is 0 Å². The SMILES string of the molecule is CC(=O)Nc1cccc([C@@H](C)NC(=O)c2cc3ccccc3c(=O)[nH]2)c1. The predicted molar refractivity (Wildman–Crippen MR) is 101 cm³/mol. The van der Waals surface area contributed by atoms with Crippen molar-refractivity contribution >= 4 is 28.3 Å². The molecule has 0 aliphatic carbocycles. The number of rotatable bonds is 4. The van der Waals surface area contributed by atoms with Gasteiger partial charge in [0.05, 0.1) is 6.04 Å². The second kappa shape index (κ2) is 7.23. The van der Waals surface area contributed by atoms with Gasteiger partial charge in [0, 0.05) is 18.0 Å². The maximum atomic E-state index is 12.5. The number of benzene rings is 2. The lowest BCUT2D eigenvalue weighted by Crippen LogP contribution is -2.29. The number of H-pyrrole nitrogens is 1. The van der Waals surface area contributed by atoms with Crippen molar-refractivity contribution in [1.29, 1.82) is 0 Å². The number of aromatic amines is 1. The minimum Gasteiger partial charge on any atom is -0.344 e. The maximum Gasteiger partial charge on any atom is 0.268 e. The Morgan fingerprint density at radius 3 is 2.58 bits per heavy atom. The van der Waals surface area contributed by atoms with Crippen LogP contribution >= 0.6 is 0 Å². The third-order valence-electron chi connectivity index (χ3n) is 4.05. The molecule has 6 heteroatoms. The lowest BCUT2D eigenvalue weighted by atomic mass is 10.1. The molecule has 0 spiro atoms. The third-order valence-corrected chi connectivity index (χ3v) is 4.05. The Hall–Kier alpha value is -3.41. The first kappa shape index (κ1) is 17.4. The lowest BCUT2D eigenvalue weighted by molar-refractivity contribution is -0.114.